The zero-order valence-electron chi connectivity index (χ0n) is 19.4. The van der Waals surface area contributed by atoms with E-state index in [2.05, 4.69) is 11.8 Å². The highest BCUT2D eigenvalue weighted by molar-refractivity contribution is 5.68. The predicted molar refractivity (Wildman–Crippen MR) is 120 cm³/mol. The number of carbonyl (C=O) groups excluding carboxylic acids is 2. The normalized spacial score (nSPS) is 21.1. The van der Waals surface area contributed by atoms with E-state index < -0.39 is 5.60 Å². The fourth-order valence-electron chi connectivity index (χ4n) is 4.20. The summed E-state index contributed by atoms with van der Waals surface area (Å²) >= 11 is 0. The Kier molecular flexibility index (Phi) is 7.81. The predicted octanol–water partition coefficient (Wildman–Crippen LogP) is 3.98. The number of piperidine rings is 1. The third-order valence-corrected chi connectivity index (χ3v) is 5.99. The summed E-state index contributed by atoms with van der Waals surface area (Å²) in [6, 6.07) is 10.1. The number of nitrogens with zero attached hydrogens (tertiary/aromatic N) is 3. The Hall–Kier alpha value is -2.28. The van der Waals surface area contributed by atoms with Crippen molar-refractivity contribution in [1.29, 1.82) is 0 Å². The molecule has 0 bridgehead atoms. The topological polar surface area (TPSA) is 62.3 Å². The first-order valence-electron chi connectivity index (χ1n) is 11.4. The van der Waals surface area contributed by atoms with Gasteiger partial charge in [0.05, 0.1) is 0 Å². The van der Waals surface area contributed by atoms with Gasteiger partial charge in [-0.15, -0.1) is 0 Å². The van der Waals surface area contributed by atoms with Gasteiger partial charge in [-0.05, 0) is 52.0 Å². The molecule has 172 valence electrons. The summed E-state index contributed by atoms with van der Waals surface area (Å²) < 4.78 is 11.0. The molecule has 2 heterocycles. The molecule has 7 heteroatoms. The van der Waals surface area contributed by atoms with Gasteiger partial charge in [0.2, 0.25) is 0 Å². The maximum absolute atomic E-state index is 12.4. The molecule has 2 aliphatic rings. The lowest BCUT2D eigenvalue weighted by molar-refractivity contribution is 0.00180. The van der Waals surface area contributed by atoms with Crippen molar-refractivity contribution in [1.82, 2.24) is 14.7 Å². The lowest BCUT2D eigenvalue weighted by atomic mass is 9.95. The molecule has 2 amide bonds. The Bertz CT molecular complexity index is 726. The van der Waals surface area contributed by atoms with Crippen molar-refractivity contribution in [3.63, 3.8) is 0 Å². The number of rotatable bonds is 4. The van der Waals surface area contributed by atoms with E-state index in [4.69, 9.17) is 9.47 Å². The number of piperazine rings is 1. The Morgan fingerprint density at radius 3 is 2.26 bits per heavy atom. The highest BCUT2D eigenvalue weighted by Gasteiger charge is 2.32. The molecule has 0 N–H and O–H groups in total. The molecule has 31 heavy (non-hydrogen) atoms. The molecule has 2 saturated heterocycles. The minimum atomic E-state index is -0.465. The van der Waals surface area contributed by atoms with Crippen molar-refractivity contribution in [3.8, 4) is 0 Å². The number of hydrogen-bond acceptors (Lipinski definition) is 5. The first-order valence-corrected chi connectivity index (χ1v) is 11.4. The van der Waals surface area contributed by atoms with Crippen LogP contribution in [-0.4, -0.2) is 77.8 Å². The van der Waals surface area contributed by atoms with Crippen LogP contribution in [0, 0.1) is 5.92 Å². The van der Waals surface area contributed by atoms with Crippen LogP contribution in [0.15, 0.2) is 30.3 Å². The molecule has 0 saturated carbocycles. The van der Waals surface area contributed by atoms with Crippen LogP contribution in [0.4, 0.5) is 9.59 Å². The third-order valence-electron chi connectivity index (χ3n) is 5.99. The Morgan fingerprint density at radius 2 is 1.65 bits per heavy atom. The second-order valence-corrected chi connectivity index (χ2v) is 9.74. The van der Waals surface area contributed by atoms with Crippen LogP contribution >= 0.6 is 0 Å². The van der Waals surface area contributed by atoms with Crippen LogP contribution in [-0.2, 0) is 16.1 Å². The molecule has 2 aliphatic heterocycles. The molecule has 0 spiro atoms. The van der Waals surface area contributed by atoms with E-state index >= 15 is 0 Å². The molecule has 0 aliphatic carbocycles. The summed E-state index contributed by atoms with van der Waals surface area (Å²) in [5.41, 5.74) is 0.540. The van der Waals surface area contributed by atoms with Crippen molar-refractivity contribution >= 4 is 12.2 Å². The van der Waals surface area contributed by atoms with Gasteiger partial charge >= 0.3 is 12.2 Å². The molecule has 2 fully saturated rings. The summed E-state index contributed by atoms with van der Waals surface area (Å²) in [4.78, 5) is 30.8. The van der Waals surface area contributed by atoms with Gasteiger partial charge in [0, 0.05) is 45.3 Å². The molecular formula is C24H37N3O4. The number of carbonyl (C=O) groups is 2. The molecule has 1 aromatic rings. The van der Waals surface area contributed by atoms with Crippen LogP contribution in [0.25, 0.3) is 0 Å². The minimum Gasteiger partial charge on any atom is -0.445 e. The van der Waals surface area contributed by atoms with E-state index in [0.29, 0.717) is 31.7 Å². The molecule has 1 aromatic carbocycles. The smallest absolute Gasteiger partial charge is 0.410 e. The monoisotopic (exact) mass is 431 g/mol. The second-order valence-electron chi connectivity index (χ2n) is 9.74. The van der Waals surface area contributed by atoms with Crippen molar-refractivity contribution in [2.24, 2.45) is 5.92 Å². The van der Waals surface area contributed by atoms with Gasteiger partial charge in [-0.2, -0.15) is 0 Å². The standard InChI is InChI=1S/C24H37N3O4/c1-19-16-27(23(29)31-24(2,3)4)15-14-26(19)17-20-10-12-25(13-11-20)22(28)30-18-21-8-6-5-7-9-21/h5-9,19-20H,10-18H2,1-4H3/t19-/m0/s1. The van der Waals surface area contributed by atoms with Crippen LogP contribution in [0.2, 0.25) is 0 Å². The van der Waals surface area contributed by atoms with Crippen molar-refractivity contribution < 1.29 is 19.1 Å². The third kappa shape index (κ3) is 7.13. The quantitative estimate of drug-likeness (QED) is 0.722. The largest absolute Gasteiger partial charge is 0.445 e. The van der Waals surface area contributed by atoms with Gasteiger partial charge in [-0.3, -0.25) is 4.90 Å². The summed E-state index contributed by atoms with van der Waals surface area (Å²) in [6.07, 6.45) is 1.53. The van der Waals surface area contributed by atoms with Crippen molar-refractivity contribution in [2.45, 2.75) is 58.8 Å². The summed E-state index contributed by atoms with van der Waals surface area (Å²) in [6.45, 7) is 12.9. The number of ether oxygens (including phenoxy) is 2. The Labute approximate surface area is 186 Å². The van der Waals surface area contributed by atoms with Crippen LogP contribution in [0.3, 0.4) is 0 Å². The maximum Gasteiger partial charge on any atom is 0.410 e. The highest BCUT2D eigenvalue weighted by atomic mass is 16.6. The zero-order valence-corrected chi connectivity index (χ0v) is 19.4. The van der Waals surface area contributed by atoms with Gasteiger partial charge < -0.3 is 19.3 Å². The van der Waals surface area contributed by atoms with E-state index in [-0.39, 0.29) is 12.2 Å². The number of benzene rings is 1. The summed E-state index contributed by atoms with van der Waals surface area (Å²) in [5, 5.41) is 0. The average Bonchev–Trinajstić information content (AvgIpc) is 2.73. The number of hydrogen-bond donors (Lipinski definition) is 0. The highest BCUT2D eigenvalue weighted by Crippen LogP contribution is 2.22. The van der Waals surface area contributed by atoms with Gasteiger partial charge in [-0.1, -0.05) is 30.3 Å². The fourth-order valence-corrected chi connectivity index (χ4v) is 4.20. The fraction of sp³-hybridized carbons (Fsp3) is 0.667. The molecule has 3 rings (SSSR count). The summed E-state index contributed by atoms with van der Waals surface area (Å²) in [5.74, 6) is 0.564. The molecule has 0 radical (unpaired) electrons. The zero-order chi connectivity index (χ0) is 22.4. The lowest BCUT2D eigenvalue weighted by Crippen LogP contribution is -2.55. The Balaban J connectivity index is 1.38. The molecular weight excluding hydrogens is 394 g/mol. The first-order chi connectivity index (χ1) is 14.7. The lowest BCUT2D eigenvalue weighted by Gasteiger charge is -2.42. The first kappa shape index (κ1) is 23.4. The minimum absolute atomic E-state index is 0.221. The van der Waals surface area contributed by atoms with Gasteiger partial charge in [0.1, 0.15) is 12.2 Å². The average molecular weight is 432 g/mol. The molecule has 7 nitrogen and oxygen atoms in total. The van der Waals surface area contributed by atoms with Crippen molar-refractivity contribution in [3.05, 3.63) is 35.9 Å². The second kappa shape index (κ2) is 10.4. The van der Waals surface area contributed by atoms with E-state index in [1.54, 1.807) is 0 Å². The maximum atomic E-state index is 12.4. The SMILES string of the molecule is C[C@H]1CN(C(=O)OC(C)(C)C)CCN1CC1CCN(C(=O)OCc2ccccc2)CC1. The molecule has 0 unspecified atom stereocenters. The van der Waals surface area contributed by atoms with Crippen molar-refractivity contribution in [2.75, 3.05) is 39.3 Å². The van der Waals surface area contributed by atoms with E-state index in [9.17, 15) is 9.59 Å². The van der Waals surface area contributed by atoms with E-state index in [0.717, 1.165) is 44.6 Å². The van der Waals surface area contributed by atoms with E-state index in [1.807, 2.05) is 60.9 Å². The molecule has 1 atom stereocenters. The number of amides is 2. The number of likely N-dealkylation sites (tertiary alicyclic amines) is 1. The summed E-state index contributed by atoms with van der Waals surface area (Å²) in [7, 11) is 0. The van der Waals surface area contributed by atoms with Gasteiger partial charge in [0.25, 0.3) is 0 Å². The van der Waals surface area contributed by atoms with Gasteiger partial charge in [0.15, 0.2) is 0 Å². The Morgan fingerprint density at radius 1 is 0.968 bits per heavy atom. The van der Waals surface area contributed by atoms with Gasteiger partial charge in [-0.25, -0.2) is 9.59 Å². The van der Waals surface area contributed by atoms with Crippen LogP contribution < -0.4 is 0 Å². The van der Waals surface area contributed by atoms with Crippen LogP contribution in [0.1, 0.15) is 46.1 Å². The van der Waals surface area contributed by atoms with E-state index in [1.165, 1.54) is 0 Å². The van der Waals surface area contributed by atoms with Crippen LogP contribution in [0.5, 0.6) is 0 Å². The molecule has 0 aromatic heterocycles.